The van der Waals surface area contributed by atoms with Crippen molar-refractivity contribution in [3.8, 4) is 0 Å². The highest BCUT2D eigenvalue weighted by Crippen LogP contribution is 2.19. The minimum atomic E-state index is -0.0171. The van der Waals surface area contributed by atoms with Crippen molar-refractivity contribution >= 4 is 23.2 Å². The van der Waals surface area contributed by atoms with Gasteiger partial charge in [0.25, 0.3) is 0 Å². The fraction of sp³-hybridized carbons (Fsp3) is 0.0909. The quantitative estimate of drug-likeness (QED) is 0.773. The summed E-state index contributed by atoms with van der Waals surface area (Å²) in [6, 6.07) is 4.59. The Hall–Kier alpha value is -1.32. The fourth-order valence-electron chi connectivity index (χ4n) is 1.30. The van der Waals surface area contributed by atoms with Gasteiger partial charge in [0, 0.05) is 42.8 Å². The number of rotatable bonds is 2. The van der Waals surface area contributed by atoms with Crippen molar-refractivity contribution in [3.05, 3.63) is 62.8 Å². The third-order valence-electron chi connectivity index (χ3n) is 2.11. The predicted octanol–water partition coefficient (Wildman–Crippen LogP) is 2.60. The van der Waals surface area contributed by atoms with Crippen molar-refractivity contribution in [1.82, 2.24) is 9.55 Å². The Morgan fingerprint density at radius 3 is 2.56 bits per heavy atom. The molecule has 82 valence electrons. The molecule has 0 radical (unpaired) electrons. The molecule has 0 bridgehead atoms. The number of halogens is 2. The standard InChI is InChI=1S/C11H8Cl2N2O/c12-10-5-11(13)14-6-8(10)7-15-3-1-9(16)2-4-15/h1-6H,7H2. The van der Waals surface area contributed by atoms with Crippen molar-refractivity contribution in [1.29, 1.82) is 0 Å². The molecule has 0 saturated carbocycles. The Kier molecular flexibility index (Phi) is 3.27. The van der Waals surface area contributed by atoms with Gasteiger partial charge in [-0.25, -0.2) is 4.98 Å². The van der Waals surface area contributed by atoms with E-state index in [4.69, 9.17) is 23.2 Å². The largest absolute Gasteiger partial charge is 0.350 e. The van der Waals surface area contributed by atoms with Gasteiger partial charge < -0.3 is 4.57 Å². The molecule has 0 spiro atoms. The van der Waals surface area contributed by atoms with Crippen LogP contribution in [-0.2, 0) is 6.54 Å². The zero-order valence-electron chi connectivity index (χ0n) is 8.23. The minimum Gasteiger partial charge on any atom is -0.350 e. The molecule has 0 saturated heterocycles. The van der Waals surface area contributed by atoms with Gasteiger partial charge in [-0.2, -0.15) is 0 Å². The summed E-state index contributed by atoms with van der Waals surface area (Å²) in [5.41, 5.74) is 0.839. The van der Waals surface area contributed by atoms with E-state index in [-0.39, 0.29) is 5.43 Å². The van der Waals surface area contributed by atoms with Crippen molar-refractivity contribution in [2.75, 3.05) is 0 Å². The second-order valence-corrected chi connectivity index (χ2v) is 4.10. The summed E-state index contributed by atoms with van der Waals surface area (Å²) >= 11 is 11.7. The molecule has 0 aliphatic carbocycles. The van der Waals surface area contributed by atoms with Gasteiger partial charge >= 0.3 is 0 Å². The molecule has 0 atom stereocenters. The molecule has 2 aromatic heterocycles. The first-order valence-corrected chi connectivity index (χ1v) is 5.37. The smallest absolute Gasteiger partial charge is 0.181 e. The number of nitrogens with zero attached hydrogens (tertiary/aromatic N) is 2. The first kappa shape index (κ1) is 11.2. The Labute approximate surface area is 102 Å². The summed E-state index contributed by atoms with van der Waals surface area (Å²) in [5, 5.41) is 0.937. The highest BCUT2D eigenvalue weighted by molar-refractivity contribution is 6.34. The van der Waals surface area contributed by atoms with Crippen LogP contribution in [0.15, 0.2) is 41.6 Å². The van der Waals surface area contributed by atoms with Crippen molar-refractivity contribution in [2.24, 2.45) is 0 Å². The first-order valence-electron chi connectivity index (χ1n) is 4.61. The number of pyridine rings is 2. The van der Waals surface area contributed by atoms with Crippen LogP contribution < -0.4 is 5.43 Å². The molecule has 3 nitrogen and oxygen atoms in total. The Morgan fingerprint density at radius 2 is 1.94 bits per heavy atom. The summed E-state index contributed by atoms with van der Waals surface area (Å²) in [6.45, 7) is 0.559. The lowest BCUT2D eigenvalue weighted by atomic mass is 10.3. The lowest BCUT2D eigenvalue weighted by Crippen LogP contribution is -2.05. The molecule has 0 N–H and O–H groups in total. The lowest BCUT2D eigenvalue weighted by molar-refractivity contribution is 0.785. The van der Waals surface area contributed by atoms with Crippen LogP contribution in [0.3, 0.4) is 0 Å². The third-order valence-corrected chi connectivity index (χ3v) is 2.67. The Balaban J connectivity index is 2.27. The molecule has 2 aromatic rings. The third kappa shape index (κ3) is 2.62. The van der Waals surface area contributed by atoms with Gasteiger partial charge in [0.2, 0.25) is 0 Å². The average molecular weight is 255 g/mol. The van der Waals surface area contributed by atoms with E-state index >= 15 is 0 Å². The van der Waals surface area contributed by atoms with Crippen molar-refractivity contribution in [3.63, 3.8) is 0 Å². The summed E-state index contributed by atoms with van der Waals surface area (Å²) in [6.07, 6.45) is 5.03. The van der Waals surface area contributed by atoms with Crippen LogP contribution in [0, 0.1) is 0 Å². The number of hydrogen-bond acceptors (Lipinski definition) is 2. The molecule has 0 aliphatic rings. The van der Waals surface area contributed by atoms with E-state index in [2.05, 4.69) is 4.98 Å². The van der Waals surface area contributed by atoms with Crippen LogP contribution in [0.1, 0.15) is 5.56 Å². The van der Waals surface area contributed by atoms with E-state index < -0.39 is 0 Å². The lowest BCUT2D eigenvalue weighted by Gasteiger charge is -2.07. The molecule has 0 fully saturated rings. The highest BCUT2D eigenvalue weighted by Gasteiger charge is 2.02. The van der Waals surface area contributed by atoms with Crippen LogP contribution >= 0.6 is 23.2 Å². The van der Waals surface area contributed by atoms with Crippen LogP contribution in [0.5, 0.6) is 0 Å². The van der Waals surface area contributed by atoms with E-state index in [0.29, 0.717) is 16.7 Å². The van der Waals surface area contributed by atoms with Crippen LogP contribution in [-0.4, -0.2) is 9.55 Å². The first-order chi connectivity index (χ1) is 7.65. The van der Waals surface area contributed by atoms with Gasteiger partial charge in [-0.05, 0) is 6.07 Å². The maximum absolute atomic E-state index is 10.9. The number of hydrogen-bond donors (Lipinski definition) is 0. The molecule has 0 aromatic carbocycles. The van der Waals surface area contributed by atoms with Crippen molar-refractivity contribution < 1.29 is 0 Å². The van der Waals surface area contributed by atoms with Crippen LogP contribution in [0.25, 0.3) is 0 Å². The molecule has 2 heterocycles. The van der Waals surface area contributed by atoms with E-state index in [1.807, 2.05) is 4.57 Å². The van der Waals surface area contributed by atoms with Gasteiger partial charge in [-0.15, -0.1) is 0 Å². The van der Waals surface area contributed by atoms with Gasteiger partial charge in [0.1, 0.15) is 5.15 Å². The second-order valence-electron chi connectivity index (χ2n) is 3.30. The minimum absolute atomic E-state index is 0.0171. The SMILES string of the molecule is O=c1ccn(Cc2cnc(Cl)cc2Cl)cc1. The van der Waals surface area contributed by atoms with E-state index in [1.54, 1.807) is 24.7 Å². The number of aromatic nitrogens is 2. The summed E-state index contributed by atoms with van der Waals surface area (Å²) in [4.78, 5) is 14.9. The molecule has 0 aliphatic heterocycles. The monoisotopic (exact) mass is 254 g/mol. The molecule has 5 heteroatoms. The zero-order chi connectivity index (χ0) is 11.5. The summed E-state index contributed by atoms with van der Waals surface area (Å²) < 4.78 is 1.85. The second kappa shape index (κ2) is 4.68. The van der Waals surface area contributed by atoms with E-state index in [0.717, 1.165) is 5.56 Å². The molecule has 16 heavy (non-hydrogen) atoms. The predicted molar refractivity (Wildman–Crippen MR) is 64.1 cm³/mol. The molecule has 2 rings (SSSR count). The maximum atomic E-state index is 10.9. The molecule has 0 unspecified atom stereocenters. The van der Waals surface area contributed by atoms with E-state index in [9.17, 15) is 4.79 Å². The van der Waals surface area contributed by atoms with Gasteiger partial charge in [0.15, 0.2) is 5.43 Å². The molecule has 0 amide bonds. The van der Waals surface area contributed by atoms with Gasteiger partial charge in [0.05, 0.1) is 5.02 Å². The maximum Gasteiger partial charge on any atom is 0.181 e. The normalized spacial score (nSPS) is 10.4. The average Bonchev–Trinajstić information content (AvgIpc) is 2.25. The van der Waals surface area contributed by atoms with E-state index in [1.165, 1.54) is 12.1 Å². The Bertz CT molecular complexity index is 546. The van der Waals surface area contributed by atoms with Crippen molar-refractivity contribution in [2.45, 2.75) is 6.54 Å². The zero-order valence-corrected chi connectivity index (χ0v) is 9.74. The molecular formula is C11H8Cl2N2O. The Morgan fingerprint density at radius 1 is 1.25 bits per heavy atom. The fourth-order valence-corrected chi connectivity index (χ4v) is 1.72. The summed E-state index contributed by atoms with van der Waals surface area (Å²) in [5.74, 6) is 0. The summed E-state index contributed by atoms with van der Waals surface area (Å²) in [7, 11) is 0. The van der Waals surface area contributed by atoms with Gasteiger partial charge in [-0.1, -0.05) is 23.2 Å². The van der Waals surface area contributed by atoms with Crippen LogP contribution in [0.2, 0.25) is 10.2 Å². The highest BCUT2D eigenvalue weighted by atomic mass is 35.5. The molecular weight excluding hydrogens is 247 g/mol. The topological polar surface area (TPSA) is 34.9 Å². The van der Waals surface area contributed by atoms with Gasteiger partial charge in [-0.3, -0.25) is 4.79 Å². The van der Waals surface area contributed by atoms with Crippen LogP contribution in [0.4, 0.5) is 0 Å².